The number of nitrogens with two attached hydrogens (primary N) is 1. The molecular weight excluding hydrogens is 320 g/mol. The zero-order chi connectivity index (χ0) is 13.8. The average Bonchev–Trinajstić information content (AvgIpc) is 2.82. The van der Waals surface area contributed by atoms with Crippen LogP contribution in [0.25, 0.3) is 0 Å². The third-order valence-corrected chi connectivity index (χ3v) is 4.37. The SMILES string of the molecule is CC(N)C(c1ccsc1)N(C)Cc1cccc(Br)c1. The Hall–Kier alpha value is -0.680. The Balaban J connectivity index is 2.14. The molecule has 0 radical (unpaired) electrons. The first-order chi connectivity index (χ1) is 9.08. The molecule has 102 valence electrons. The van der Waals surface area contributed by atoms with Gasteiger partial charge in [-0.2, -0.15) is 11.3 Å². The van der Waals surface area contributed by atoms with Crippen LogP contribution in [-0.2, 0) is 6.54 Å². The fraction of sp³-hybridized carbons (Fsp3) is 0.333. The predicted octanol–water partition coefficient (Wildman–Crippen LogP) is 4.03. The summed E-state index contributed by atoms with van der Waals surface area (Å²) in [5.74, 6) is 0. The second-order valence-corrected chi connectivity index (χ2v) is 6.60. The van der Waals surface area contributed by atoms with E-state index in [1.54, 1.807) is 11.3 Å². The van der Waals surface area contributed by atoms with Crippen molar-refractivity contribution in [3.8, 4) is 0 Å². The lowest BCUT2D eigenvalue weighted by atomic mass is 10.0. The largest absolute Gasteiger partial charge is 0.326 e. The van der Waals surface area contributed by atoms with Crippen molar-refractivity contribution < 1.29 is 0 Å². The number of benzene rings is 1. The lowest BCUT2D eigenvalue weighted by molar-refractivity contribution is 0.211. The van der Waals surface area contributed by atoms with Gasteiger partial charge in [0.15, 0.2) is 0 Å². The van der Waals surface area contributed by atoms with Crippen LogP contribution in [0.4, 0.5) is 0 Å². The monoisotopic (exact) mass is 338 g/mol. The summed E-state index contributed by atoms with van der Waals surface area (Å²) in [6, 6.07) is 10.9. The van der Waals surface area contributed by atoms with Gasteiger partial charge in [0.1, 0.15) is 0 Å². The molecule has 0 aliphatic rings. The summed E-state index contributed by atoms with van der Waals surface area (Å²) < 4.78 is 1.12. The van der Waals surface area contributed by atoms with Crippen LogP contribution in [0.1, 0.15) is 24.1 Å². The smallest absolute Gasteiger partial charge is 0.0505 e. The first kappa shape index (κ1) is 14.7. The summed E-state index contributed by atoms with van der Waals surface area (Å²) in [7, 11) is 2.13. The van der Waals surface area contributed by atoms with Crippen molar-refractivity contribution in [3.63, 3.8) is 0 Å². The van der Waals surface area contributed by atoms with Crippen LogP contribution in [-0.4, -0.2) is 18.0 Å². The highest BCUT2D eigenvalue weighted by Crippen LogP contribution is 2.26. The summed E-state index contributed by atoms with van der Waals surface area (Å²) in [6.45, 7) is 2.96. The maximum absolute atomic E-state index is 6.17. The molecular formula is C15H19BrN2S. The second-order valence-electron chi connectivity index (χ2n) is 4.91. The van der Waals surface area contributed by atoms with E-state index in [2.05, 4.69) is 69.8 Å². The van der Waals surface area contributed by atoms with Crippen LogP contribution in [0.5, 0.6) is 0 Å². The van der Waals surface area contributed by atoms with Gasteiger partial charge in [-0.25, -0.2) is 0 Å². The molecule has 4 heteroatoms. The maximum atomic E-state index is 6.17. The number of hydrogen-bond donors (Lipinski definition) is 1. The number of halogens is 1. The van der Waals surface area contributed by atoms with Crippen LogP contribution in [0.2, 0.25) is 0 Å². The molecule has 2 N–H and O–H groups in total. The van der Waals surface area contributed by atoms with Gasteiger partial charge in [-0.1, -0.05) is 28.1 Å². The van der Waals surface area contributed by atoms with Gasteiger partial charge in [-0.3, -0.25) is 4.90 Å². The zero-order valence-electron chi connectivity index (χ0n) is 11.2. The summed E-state index contributed by atoms with van der Waals surface area (Å²) in [4.78, 5) is 2.31. The Morgan fingerprint density at radius 1 is 1.37 bits per heavy atom. The van der Waals surface area contributed by atoms with E-state index in [9.17, 15) is 0 Å². The average molecular weight is 339 g/mol. The predicted molar refractivity (Wildman–Crippen MR) is 86.3 cm³/mol. The van der Waals surface area contributed by atoms with Crippen molar-refractivity contribution >= 4 is 27.3 Å². The van der Waals surface area contributed by atoms with E-state index in [4.69, 9.17) is 5.73 Å². The van der Waals surface area contributed by atoms with Crippen molar-refractivity contribution in [2.75, 3.05) is 7.05 Å². The highest BCUT2D eigenvalue weighted by molar-refractivity contribution is 9.10. The van der Waals surface area contributed by atoms with E-state index >= 15 is 0 Å². The Morgan fingerprint density at radius 3 is 2.74 bits per heavy atom. The maximum Gasteiger partial charge on any atom is 0.0505 e. The molecule has 1 aromatic heterocycles. The standard InChI is InChI=1S/C15H19BrN2S/c1-11(17)15(13-6-7-19-10-13)18(2)9-12-4-3-5-14(16)8-12/h3-8,10-11,15H,9,17H2,1-2H3. The molecule has 1 aromatic carbocycles. The summed E-state index contributed by atoms with van der Waals surface area (Å²) >= 11 is 5.24. The molecule has 0 spiro atoms. The molecule has 0 amide bonds. The first-order valence-electron chi connectivity index (χ1n) is 6.30. The highest BCUT2D eigenvalue weighted by atomic mass is 79.9. The van der Waals surface area contributed by atoms with E-state index < -0.39 is 0 Å². The lowest BCUT2D eigenvalue weighted by Crippen LogP contribution is -2.36. The molecule has 0 aliphatic carbocycles. The minimum absolute atomic E-state index is 0.103. The van der Waals surface area contributed by atoms with Crippen LogP contribution < -0.4 is 5.73 Å². The number of thiophene rings is 1. The quantitative estimate of drug-likeness (QED) is 0.891. The van der Waals surface area contributed by atoms with Gasteiger partial charge in [0.05, 0.1) is 6.04 Å². The van der Waals surface area contributed by atoms with Gasteiger partial charge in [0.2, 0.25) is 0 Å². The van der Waals surface area contributed by atoms with Crippen LogP contribution in [0.3, 0.4) is 0 Å². The van der Waals surface area contributed by atoms with Crippen molar-refractivity contribution in [1.82, 2.24) is 4.90 Å². The van der Waals surface area contributed by atoms with Crippen LogP contribution in [0.15, 0.2) is 45.6 Å². The Labute approximate surface area is 127 Å². The third kappa shape index (κ3) is 3.89. The van der Waals surface area contributed by atoms with Crippen molar-refractivity contribution in [2.45, 2.75) is 25.6 Å². The van der Waals surface area contributed by atoms with Gasteiger partial charge < -0.3 is 5.73 Å². The Bertz CT molecular complexity index is 511. The molecule has 2 nitrogen and oxygen atoms in total. The number of hydrogen-bond acceptors (Lipinski definition) is 3. The fourth-order valence-electron chi connectivity index (χ4n) is 2.42. The van der Waals surface area contributed by atoms with E-state index in [-0.39, 0.29) is 12.1 Å². The Morgan fingerprint density at radius 2 is 2.16 bits per heavy atom. The lowest BCUT2D eigenvalue weighted by Gasteiger charge is -2.30. The molecule has 2 unspecified atom stereocenters. The molecule has 19 heavy (non-hydrogen) atoms. The van der Waals surface area contributed by atoms with Gasteiger partial charge in [-0.15, -0.1) is 0 Å². The summed E-state index contributed by atoms with van der Waals surface area (Å²) in [5, 5.41) is 4.29. The van der Waals surface area contributed by atoms with Gasteiger partial charge in [-0.05, 0) is 54.1 Å². The molecule has 0 aliphatic heterocycles. The first-order valence-corrected chi connectivity index (χ1v) is 8.04. The molecule has 2 rings (SSSR count). The Kier molecular flexibility index (Phi) is 5.16. The van der Waals surface area contributed by atoms with Crippen LogP contribution >= 0.6 is 27.3 Å². The van der Waals surface area contributed by atoms with Crippen LogP contribution in [0, 0.1) is 0 Å². The van der Waals surface area contributed by atoms with E-state index in [0.29, 0.717) is 0 Å². The summed E-state index contributed by atoms with van der Waals surface area (Å²) in [5.41, 5.74) is 8.76. The topological polar surface area (TPSA) is 29.3 Å². The second kappa shape index (κ2) is 6.66. The third-order valence-electron chi connectivity index (χ3n) is 3.18. The highest BCUT2D eigenvalue weighted by Gasteiger charge is 2.21. The van der Waals surface area contributed by atoms with Gasteiger partial charge in [0.25, 0.3) is 0 Å². The van der Waals surface area contributed by atoms with E-state index in [0.717, 1.165) is 11.0 Å². The fourth-order valence-corrected chi connectivity index (χ4v) is 3.56. The summed E-state index contributed by atoms with van der Waals surface area (Å²) in [6.07, 6.45) is 0. The molecule has 0 bridgehead atoms. The van der Waals surface area contributed by atoms with Crippen molar-refractivity contribution in [3.05, 3.63) is 56.7 Å². The van der Waals surface area contributed by atoms with E-state index in [1.807, 2.05) is 6.07 Å². The minimum atomic E-state index is 0.103. The zero-order valence-corrected chi connectivity index (χ0v) is 13.6. The number of likely N-dealkylation sites (N-methyl/N-ethyl adjacent to an activating group) is 1. The van der Waals surface area contributed by atoms with E-state index in [1.165, 1.54) is 11.1 Å². The molecule has 2 atom stereocenters. The molecule has 2 aromatic rings. The normalized spacial score (nSPS) is 14.6. The molecule has 1 heterocycles. The van der Waals surface area contributed by atoms with Crippen molar-refractivity contribution in [2.24, 2.45) is 5.73 Å². The number of rotatable bonds is 5. The molecule has 0 fully saturated rings. The molecule has 0 saturated carbocycles. The van der Waals surface area contributed by atoms with Gasteiger partial charge in [0, 0.05) is 17.1 Å². The van der Waals surface area contributed by atoms with Gasteiger partial charge >= 0.3 is 0 Å². The molecule has 0 saturated heterocycles. The minimum Gasteiger partial charge on any atom is -0.326 e. The van der Waals surface area contributed by atoms with Crippen molar-refractivity contribution in [1.29, 1.82) is 0 Å². The number of nitrogens with zero attached hydrogens (tertiary/aromatic N) is 1.